The van der Waals surface area contributed by atoms with Gasteiger partial charge in [0.25, 0.3) is 0 Å². The third kappa shape index (κ3) is 2.93. The number of β-amino-alcohol motifs (C(OH)–C–C–N with tert-alkyl or cyclic N) is 1. The maximum absolute atomic E-state index is 12.9. The molecule has 1 aliphatic rings. The van der Waals surface area contributed by atoms with Crippen LogP contribution in [0.25, 0.3) is 0 Å². The second kappa shape index (κ2) is 5.26. The molecule has 1 heterocycles. The molecule has 0 amide bonds. The number of aliphatic hydroxyl groups is 1. The summed E-state index contributed by atoms with van der Waals surface area (Å²) in [6.45, 7) is 7.64. The summed E-state index contributed by atoms with van der Waals surface area (Å²) in [5.74, 6) is 0. The summed E-state index contributed by atoms with van der Waals surface area (Å²) >= 11 is 0. The van der Waals surface area contributed by atoms with Crippen molar-refractivity contribution in [3.63, 3.8) is 0 Å². The molecule has 0 bridgehead atoms. The van der Waals surface area contributed by atoms with Crippen molar-refractivity contribution in [1.29, 1.82) is 0 Å². The van der Waals surface area contributed by atoms with E-state index in [1.807, 2.05) is 6.92 Å². The van der Waals surface area contributed by atoms with Crippen LogP contribution in [0.2, 0.25) is 0 Å². The highest BCUT2D eigenvalue weighted by Crippen LogP contribution is 2.32. The number of aryl methyl sites for hydroxylation is 2. The number of nitrogen functional groups attached to an aromatic ring is 1. The standard InChI is InChI=1S/C15H24N2O3S/c1-10-8-11(2)14(12(3)13(10)16)21(19,20)17-7-5-6-15(4,18)9-17/h8,18H,5-7,9,16H2,1-4H3. The summed E-state index contributed by atoms with van der Waals surface area (Å²) in [7, 11) is -3.64. The number of anilines is 1. The molecular weight excluding hydrogens is 288 g/mol. The van der Waals surface area contributed by atoms with Crippen molar-refractivity contribution in [2.75, 3.05) is 18.8 Å². The van der Waals surface area contributed by atoms with Crippen molar-refractivity contribution < 1.29 is 13.5 Å². The van der Waals surface area contributed by atoms with E-state index in [0.717, 1.165) is 5.56 Å². The van der Waals surface area contributed by atoms with Gasteiger partial charge in [-0.3, -0.25) is 0 Å². The predicted molar refractivity (Wildman–Crippen MR) is 83.7 cm³/mol. The Morgan fingerprint density at radius 1 is 1.29 bits per heavy atom. The minimum atomic E-state index is -3.64. The average molecular weight is 312 g/mol. The number of benzene rings is 1. The lowest BCUT2D eigenvalue weighted by Gasteiger charge is -2.36. The van der Waals surface area contributed by atoms with E-state index in [1.54, 1.807) is 26.8 Å². The van der Waals surface area contributed by atoms with Gasteiger partial charge in [0.15, 0.2) is 0 Å². The molecule has 1 fully saturated rings. The molecule has 0 saturated carbocycles. The number of nitrogens with two attached hydrogens (primary N) is 1. The second-order valence-corrected chi connectivity index (χ2v) is 8.19. The SMILES string of the molecule is Cc1cc(C)c(S(=O)(=O)N2CCCC(C)(O)C2)c(C)c1N. The first-order chi connectivity index (χ1) is 9.56. The molecule has 0 aromatic heterocycles. The zero-order valence-electron chi connectivity index (χ0n) is 13.1. The topological polar surface area (TPSA) is 83.6 Å². The summed E-state index contributed by atoms with van der Waals surface area (Å²) in [6, 6.07) is 1.80. The first-order valence-electron chi connectivity index (χ1n) is 7.15. The molecule has 0 spiro atoms. The Hall–Kier alpha value is -1.11. The maximum Gasteiger partial charge on any atom is 0.243 e. The van der Waals surface area contributed by atoms with Crippen LogP contribution >= 0.6 is 0 Å². The molecule has 1 unspecified atom stereocenters. The van der Waals surface area contributed by atoms with Crippen LogP contribution in [-0.2, 0) is 10.0 Å². The van der Waals surface area contributed by atoms with Gasteiger partial charge in [0.1, 0.15) is 0 Å². The van der Waals surface area contributed by atoms with Gasteiger partial charge in [-0.2, -0.15) is 4.31 Å². The molecule has 2 rings (SSSR count). The first kappa shape index (κ1) is 16.3. The molecule has 1 aliphatic heterocycles. The van der Waals surface area contributed by atoms with Gasteiger partial charge in [0.2, 0.25) is 10.0 Å². The van der Waals surface area contributed by atoms with Crippen LogP contribution in [0.15, 0.2) is 11.0 Å². The van der Waals surface area contributed by atoms with E-state index in [-0.39, 0.29) is 11.4 Å². The van der Waals surface area contributed by atoms with Gasteiger partial charge < -0.3 is 10.8 Å². The zero-order valence-corrected chi connectivity index (χ0v) is 13.9. The lowest BCUT2D eigenvalue weighted by atomic mass is 9.97. The van der Waals surface area contributed by atoms with E-state index >= 15 is 0 Å². The van der Waals surface area contributed by atoms with E-state index in [0.29, 0.717) is 36.2 Å². The third-order valence-corrected chi connectivity index (χ3v) is 6.33. The molecule has 1 aromatic carbocycles. The summed E-state index contributed by atoms with van der Waals surface area (Å²) in [4.78, 5) is 0.281. The number of hydrogen-bond acceptors (Lipinski definition) is 4. The van der Waals surface area contributed by atoms with E-state index in [1.165, 1.54) is 4.31 Å². The molecular formula is C15H24N2O3S. The molecule has 0 aliphatic carbocycles. The largest absolute Gasteiger partial charge is 0.398 e. The fraction of sp³-hybridized carbons (Fsp3) is 0.600. The lowest BCUT2D eigenvalue weighted by Crippen LogP contribution is -2.48. The van der Waals surface area contributed by atoms with Gasteiger partial charge in [-0.25, -0.2) is 8.42 Å². The zero-order chi connectivity index (χ0) is 16.0. The number of hydrogen-bond donors (Lipinski definition) is 2. The van der Waals surface area contributed by atoms with Gasteiger partial charge in [0.05, 0.1) is 10.5 Å². The minimum Gasteiger partial charge on any atom is -0.398 e. The molecule has 5 nitrogen and oxygen atoms in total. The number of sulfonamides is 1. The fourth-order valence-corrected chi connectivity index (χ4v) is 5.13. The molecule has 3 N–H and O–H groups in total. The first-order valence-corrected chi connectivity index (χ1v) is 8.59. The Bertz CT molecular complexity index is 666. The van der Waals surface area contributed by atoms with Crippen LogP contribution < -0.4 is 5.73 Å². The Balaban J connectivity index is 2.53. The van der Waals surface area contributed by atoms with E-state index in [4.69, 9.17) is 5.73 Å². The summed E-state index contributed by atoms with van der Waals surface area (Å²) in [5.41, 5.74) is 7.72. The molecule has 1 aromatic rings. The van der Waals surface area contributed by atoms with Crippen LogP contribution in [0.4, 0.5) is 5.69 Å². The highest BCUT2D eigenvalue weighted by molar-refractivity contribution is 7.89. The minimum absolute atomic E-state index is 0.127. The monoisotopic (exact) mass is 312 g/mol. The molecule has 6 heteroatoms. The van der Waals surface area contributed by atoms with Gasteiger partial charge in [0, 0.05) is 18.8 Å². The van der Waals surface area contributed by atoms with Crippen LogP contribution in [0.1, 0.15) is 36.5 Å². The Morgan fingerprint density at radius 2 is 1.90 bits per heavy atom. The van der Waals surface area contributed by atoms with Gasteiger partial charge in [-0.15, -0.1) is 0 Å². The van der Waals surface area contributed by atoms with Crippen molar-refractivity contribution in [2.45, 2.75) is 51.0 Å². The van der Waals surface area contributed by atoms with Crippen LogP contribution in [0, 0.1) is 20.8 Å². The van der Waals surface area contributed by atoms with E-state index in [9.17, 15) is 13.5 Å². The predicted octanol–water partition coefficient (Wildman–Crippen LogP) is 1.73. The smallest absolute Gasteiger partial charge is 0.243 e. The van der Waals surface area contributed by atoms with Crippen molar-refractivity contribution in [1.82, 2.24) is 4.31 Å². The Kier molecular flexibility index (Phi) is 4.08. The summed E-state index contributed by atoms with van der Waals surface area (Å²) in [6.07, 6.45) is 1.28. The van der Waals surface area contributed by atoms with Crippen molar-refractivity contribution in [2.24, 2.45) is 0 Å². The highest BCUT2D eigenvalue weighted by Gasteiger charge is 2.37. The normalized spacial score (nSPS) is 24.2. The van der Waals surface area contributed by atoms with E-state index in [2.05, 4.69) is 0 Å². The summed E-state index contributed by atoms with van der Waals surface area (Å²) < 4.78 is 27.3. The Labute approximate surface area is 126 Å². The quantitative estimate of drug-likeness (QED) is 0.815. The number of nitrogens with zero attached hydrogens (tertiary/aromatic N) is 1. The van der Waals surface area contributed by atoms with E-state index < -0.39 is 15.6 Å². The maximum atomic E-state index is 12.9. The second-order valence-electron chi connectivity index (χ2n) is 6.32. The molecule has 0 radical (unpaired) electrons. The lowest BCUT2D eigenvalue weighted by molar-refractivity contribution is 0.00938. The van der Waals surface area contributed by atoms with Crippen LogP contribution in [0.3, 0.4) is 0 Å². The highest BCUT2D eigenvalue weighted by atomic mass is 32.2. The number of rotatable bonds is 2. The molecule has 1 saturated heterocycles. The van der Waals surface area contributed by atoms with Crippen molar-refractivity contribution >= 4 is 15.7 Å². The number of piperidine rings is 1. The average Bonchev–Trinajstić information content (AvgIpc) is 2.34. The van der Waals surface area contributed by atoms with Crippen LogP contribution in [-0.4, -0.2) is 36.5 Å². The molecule has 21 heavy (non-hydrogen) atoms. The molecule has 1 atom stereocenters. The van der Waals surface area contributed by atoms with Crippen LogP contribution in [0.5, 0.6) is 0 Å². The van der Waals surface area contributed by atoms with Crippen molar-refractivity contribution in [3.05, 3.63) is 22.8 Å². The van der Waals surface area contributed by atoms with Gasteiger partial charge >= 0.3 is 0 Å². The summed E-state index contributed by atoms with van der Waals surface area (Å²) in [5, 5.41) is 10.2. The molecule has 118 valence electrons. The van der Waals surface area contributed by atoms with Gasteiger partial charge in [-0.1, -0.05) is 6.07 Å². The van der Waals surface area contributed by atoms with Gasteiger partial charge in [-0.05, 0) is 57.2 Å². The Morgan fingerprint density at radius 3 is 2.48 bits per heavy atom. The fourth-order valence-electron chi connectivity index (χ4n) is 3.09. The third-order valence-electron chi connectivity index (χ3n) is 4.20. The van der Waals surface area contributed by atoms with Crippen molar-refractivity contribution in [3.8, 4) is 0 Å².